The van der Waals surface area contributed by atoms with Crippen LogP contribution in [0.4, 0.5) is 0 Å². The van der Waals surface area contributed by atoms with Gasteiger partial charge in [-0.15, -0.1) is 0 Å². The monoisotopic (exact) mass is 222 g/mol. The third-order valence-corrected chi connectivity index (χ3v) is 3.14. The molecule has 1 aliphatic carbocycles. The van der Waals surface area contributed by atoms with Crippen molar-refractivity contribution in [2.75, 3.05) is 13.2 Å². The van der Waals surface area contributed by atoms with E-state index < -0.39 is 0 Å². The Labute approximate surface area is 93.2 Å². The topological polar surface area (TPSA) is 65.2 Å². The van der Waals surface area contributed by atoms with Crippen molar-refractivity contribution in [2.24, 2.45) is 5.92 Å². The summed E-state index contributed by atoms with van der Waals surface area (Å²) in [7, 11) is 0. The quantitative estimate of drug-likeness (QED) is 0.763. The molecule has 0 bridgehead atoms. The summed E-state index contributed by atoms with van der Waals surface area (Å²) in [6.45, 7) is 1.42. The van der Waals surface area contributed by atoms with Gasteiger partial charge in [0.1, 0.15) is 5.78 Å². The second-order valence-electron chi connectivity index (χ2n) is 4.52. The molecule has 1 aliphatic heterocycles. The van der Waals surface area contributed by atoms with E-state index in [1.165, 1.54) is 0 Å². The van der Waals surface area contributed by atoms with Gasteiger partial charge in [-0.3, -0.25) is 4.79 Å². The summed E-state index contributed by atoms with van der Waals surface area (Å²) >= 11 is 0. The first-order chi connectivity index (χ1) is 7.83. The Bertz CT molecular complexity index is 392. The number of aromatic nitrogens is 2. The highest BCUT2D eigenvalue weighted by molar-refractivity contribution is 5.84. The minimum absolute atomic E-state index is 0.234. The first-order valence-electron chi connectivity index (χ1n) is 5.76. The van der Waals surface area contributed by atoms with E-state index in [1.54, 1.807) is 0 Å². The van der Waals surface area contributed by atoms with E-state index in [9.17, 15) is 4.79 Å². The molecule has 5 heteroatoms. The van der Waals surface area contributed by atoms with Gasteiger partial charge >= 0.3 is 0 Å². The molecule has 0 radical (unpaired) electrons. The van der Waals surface area contributed by atoms with Crippen LogP contribution in [0.3, 0.4) is 0 Å². The first-order valence-corrected chi connectivity index (χ1v) is 5.76. The number of hydrogen-bond donors (Lipinski definition) is 0. The van der Waals surface area contributed by atoms with Crippen molar-refractivity contribution in [3.05, 3.63) is 11.7 Å². The van der Waals surface area contributed by atoms with Crippen LogP contribution < -0.4 is 0 Å². The average molecular weight is 222 g/mol. The van der Waals surface area contributed by atoms with Crippen molar-refractivity contribution in [1.29, 1.82) is 0 Å². The van der Waals surface area contributed by atoms with Crippen molar-refractivity contribution in [3.63, 3.8) is 0 Å². The summed E-state index contributed by atoms with van der Waals surface area (Å²) < 4.78 is 10.3. The molecule has 3 rings (SSSR count). The van der Waals surface area contributed by atoms with Crippen LogP contribution in [0.1, 0.15) is 36.9 Å². The highest BCUT2D eigenvalue weighted by Crippen LogP contribution is 2.31. The van der Waals surface area contributed by atoms with Crippen LogP contribution in [-0.2, 0) is 16.0 Å². The van der Waals surface area contributed by atoms with Gasteiger partial charge in [0.05, 0.1) is 13.0 Å². The molecule has 1 saturated carbocycles. The zero-order valence-electron chi connectivity index (χ0n) is 9.02. The normalized spacial score (nSPS) is 24.9. The molecule has 1 saturated heterocycles. The molecule has 0 N–H and O–H groups in total. The van der Waals surface area contributed by atoms with E-state index in [4.69, 9.17) is 9.26 Å². The van der Waals surface area contributed by atoms with Crippen LogP contribution in [-0.4, -0.2) is 29.1 Å². The fourth-order valence-corrected chi connectivity index (χ4v) is 1.94. The van der Waals surface area contributed by atoms with Gasteiger partial charge in [0.15, 0.2) is 5.82 Å². The van der Waals surface area contributed by atoms with Gasteiger partial charge in [-0.05, 0) is 19.3 Å². The van der Waals surface area contributed by atoms with Gasteiger partial charge in [-0.2, -0.15) is 4.98 Å². The van der Waals surface area contributed by atoms with Crippen molar-refractivity contribution >= 4 is 5.78 Å². The largest absolute Gasteiger partial charge is 0.381 e. The number of carbonyl (C=O) groups excluding carboxylic acids is 1. The molecular formula is C11H14N2O3. The smallest absolute Gasteiger partial charge is 0.234 e. The van der Waals surface area contributed by atoms with Crippen molar-refractivity contribution in [2.45, 2.75) is 31.6 Å². The lowest BCUT2D eigenvalue weighted by Gasteiger charge is -1.97. The zero-order valence-corrected chi connectivity index (χ0v) is 9.02. The molecule has 1 unspecified atom stereocenters. The van der Waals surface area contributed by atoms with Gasteiger partial charge in [0.2, 0.25) is 5.89 Å². The molecule has 0 spiro atoms. The Morgan fingerprint density at radius 1 is 1.38 bits per heavy atom. The number of Topliss-reactive ketones (excluding diaryl/α,β-unsaturated/α-hetero) is 1. The standard InChI is InChI=1S/C11H14N2O3/c14-9(7-1-2-7)5-10-12-11(13-16-10)8-3-4-15-6-8/h7-8H,1-6H2. The summed E-state index contributed by atoms with van der Waals surface area (Å²) in [5.41, 5.74) is 0. The van der Waals surface area contributed by atoms with Crippen LogP contribution in [0.15, 0.2) is 4.52 Å². The number of rotatable bonds is 4. The van der Waals surface area contributed by atoms with Crippen molar-refractivity contribution in [3.8, 4) is 0 Å². The molecule has 16 heavy (non-hydrogen) atoms. The Balaban J connectivity index is 1.64. The number of nitrogens with zero attached hydrogens (tertiary/aromatic N) is 2. The summed E-state index contributed by atoms with van der Waals surface area (Å²) in [5.74, 6) is 1.88. The maximum absolute atomic E-state index is 11.6. The average Bonchev–Trinajstić information content (AvgIpc) is 2.80. The third kappa shape index (κ3) is 2.00. The van der Waals surface area contributed by atoms with E-state index in [2.05, 4.69) is 10.1 Å². The van der Waals surface area contributed by atoms with Gasteiger partial charge in [-0.25, -0.2) is 0 Å². The van der Waals surface area contributed by atoms with E-state index >= 15 is 0 Å². The summed E-state index contributed by atoms with van der Waals surface area (Å²) in [6, 6.07) is 0. The van der Waals surface area contributed by atoms with Gasteiger partial charge < -0.3 is 9.26 Å². The second kappa shape index (κ2) is 3.97. The van der Waals surface area contributed by atoms with E-state index in [0.29, 0.717) is 24.7 Å². The number of carbonyl (C=O) groups is 1. The Hall–Kier alpha value is -1.23. The molecule has 1 aromatic rings. The predicted molar refractivity (Wildman–Crippen MR) is 53.9 cm³/mol. The molecule has 2 aliphatic rings. The number of hydrogen-bond acceptors (Lipinski definition) is 5. The minimum Gasteiger partial charge on any atom is -0.381 e. The van der Waals surface area contributed by atoms with Gasteiger partial charge in [0, 0.05) is 18.4 Å². The van der Waals surface area contributed by atoms with Crippen LogP contribution in [0.25, 0.3) is 0 Å². The molecule has 5 nitrogen and oxygen atoms in total. The predicted octanol–water partition coefficient (Wildman–Crippen LogP) is 1.10. The van der Waals surface area contributed by atoms with Crippen LogP contribution >= 0.6 is 0 Å². The summed E-state index contributed by atoms with van der Waals surface area (Å²) in [6.07, 6.45) is 3.29. The molecule has 2 heterocycles. The Morgan fingerprint density at radius 2 is 2.25 bits per heavy atom. The van der Waals surface area contributed by atoms with E-state index in [1.807, 2.05) is 0 Å². The van der Waals surface area contributed by atoms with Crippen LogP contribution in [0, 0.1) is 5.92 Å². The first kappa shape index (κ1) is 9.96. The van der Waals surface area contributed by atoms with Crippen molar-refractivity contribution < 1.29 is 14.1 Å². The lowest BCUT2D eigenvalue weighted by atomic mass is 10.1. The maximum atomic E-state index is 11.6. The van der Waals surface area contributed by atoms with E-state index in [0.717, 1.165) is 25.9 Å². The number of ketones is 1. The SMILES string of the molecule is O=C(Cc1nc(C2CCOC2)no1)C1CC1. The van der Waals surface area contributed by atoms with Gasteiger partial charge in [-0.1, -0.05) is 5.16 Å². The fraction of sp³-hybridized carbons (Fsp3) is 0.727. The lowest BCUT2D eigenvalue weighted by molar-refractivity contribution is -0.119. The molecule has 2 fully saturated rings. The Kier molecular flexibility index (Phi) is 2.47. The van der Waals surface area contributed by atoms with E-state index in [-0.39, 0.29) is 17.6 Å². The lowest BCUT2D eigenvalue weighted by Crippen LogP contribution is -2.05. The minimum atomic E-state index is 0.234. The third-order valence-electron chi connectivity index (χ3n) is 3.14. The van der Waals surface area contributed by atoms with Crippen LogP contribution in [0.2, 0.25) is 0 Å². The zero-order chi connectivity index (χ0) is 11.0. The second-order valence-corrected chi connectivity index (χ2v) is 4.52. The summed E-state index contributed by atoms with van der Waals surface area (Å²) in [4.78, 5) is 15.8. The Morgan fingerprint density at radius 3 is 2.94 bits per heavy atom. The molecule has 1 atom stereocenters. The van der Waals surface area contributed by atoms with Gasteiger partial charge in [0.25, 0.3) is 0 Å². The number of ether oxygens (including phenoxy) is 1. The molecule has 86 valence electrons. The molecule has 0 amide bonds. The highest BCUT2D eigenvalue weighted by atomic mass is 16.5. The highest BCUT2D eigenvalue weighted by Gasteiger charge is 2.31. The van der Waals surface area contributed by atoms with Crippen molar-refractivity contribution in [1.82, 2.24) is 10.1 Å². The molecular weight excluding hydrogens is 208 g/mol. The maximum Gasteiger partial charge on any atom is 0.234 e. The molecule has 1 aromatic heterocycles. The summed E-state index contributed by atoms with van der Waals surface area (Å²) in [5, 5.41) is 3.91. The van der Waals surface area contributed by atoms with Crippen LogP contribution in [0.5, 0.6) is 0 Å². The fourth-order valence-electron chi connectivity index (χ4n) is 1.94. The molecule has 0 aromatic carbocycles.